The Hall–Kier alpha value is -4.25. The highest BCUT2D eigenvalue weighted by molar-refractivity contribution is 6.15. The van der Waals surface area contributed by atoms with Crippen LogP contribution < -0.4 is 0 Å². The zero-order chi connectivity index (χ0) is 24.9. The molecule has 0 saturated heterocycles. The van der Waals surface area contributed by atoms with Gasteiger partial charge in [0.15, 0.2) is 11.6 Å². The molecule has 0 atom stereocenters. The van der Waals surface area contributed by atoms with Crippen LogP contribution >= 0.6 is 0 Å². The van der Waals surface area contributed by atoms with E-state index in [0.717, 1.165) is 11.1 Å². The molecule has 1 heterocycles. The van der Waals surface area contributed by atoms with Crippen LogP contribution in [0.4, 0.5) is 0 Å². The second-order valence-corrected chi connectivity index (χ2v) is 8.81. The Labute approximate surface area is 206 Å². The van der Waals surface area contributed by atoms with E-state index in [2.05, 4.69) is 0 Å². The highest BCUT2D eigenvalue weighted by Crippen LogP contribution is 2.40. The Balaban J connectivity index is 1.90. The summed E-state index contributed by atoms with van der Waals surface area (Å²) in [4.78, 5) is 43.4. The average molecular weight is 465 g/mol. The van der Waals surface area contributed by atoms with E-state index in [1.807, 2.05) is 67.6 Å². The van der Waals surface area contributed by atoms with Gasteiger partial charge in [-0.1, -0.05) is 84.9 Å². The lowest BCUT2D eigenvalue weighted by Gasteiger charge is -2.32. The number of rotatable bonds is 7. The Bertz CT molecular complexity index is 1240. The van der Waals surface area contributed by atoms with Crippen LogP contribution in [0.3, 0.4) is 0 Å². The molecule has 0 aromatic heterocycles. The van der Waals surface area contributed by atoms with Crippen molar-refractivity contribution in [3.63, 3.8) is 0 Å². The van der Waals surface area contributed by atoms with Gasteiger partial charge in [0, 0.05) is 54.7 Å². The van der Waals surface area contributed by atoms with E-state index in [4.69, 9.17) is 0 Å². The van der Waals surface area contributed by atoms with Crippen molar-refractivity contribution in [3.8, 4) is 0 Å². The summed E-state index contributed by atoms with van der Waals surface area (Å²) in [7, 11) is 3.36. The lowest BCUT2D eigenvalue weighted by Crippen LogP contribution is -2.35. The molecule has 4 rings (SSSR count). The fraction of sp³-hybridized carbons (Fsp3) is 0.167. The number of carbonyl (C=O) groups excluding carboxylic acids is 3. The van der Waals surface area contributed by atoms with Crippen LogP contribution in [-0.2, 0) is 4.79 Å². The number of benzene rings is 3. The van der Waals surface area contributed by atoms with Gasteiger partial charge in [-0.15, -0.1) is 0 Å². The molecule has 0 bridgehead atoms. The summed E-state index contributed by atoms with van der Waals surface area (Å²) in [6.07, 6.45) is 3.44. The molecule has 1 amide bonds. The van der Waals surface area contributed by atoms with E-state index in [9.17, 15) is 14.4 Å². The third-order valence-corrected chi connectivity index (χ3v) is 6.14. The zero-order valence-electron chi connectivity index (χ0n) is 20.1. The predicted octanol–water partition coefficient (Wildman–Crippen LogP) is 5.02. The normalized spacial score (nSPS) is 13.6. The van der Waals surface area contributed by atoms with Crippen LogP contribution in [-0.4, -0.2) is 47.9 Å². The highest BCUT2D eigenvalue weighted by Gasteiger charge is 2.35. The van der Waals surface area contributed by atoms with Crippen molar-refractivity contribution in [2.75, 3.05) is 20.6 Å². The van der Waals surface area contributed by atoms with Gasteiger partial charge in [0.25, 0.3) is 0 Å². The highest BCUT2D eigenvalue weighted by atomic mass is 16.2. The standard InChI is InChI=1S/C30H28N2O3/c1-21-12-10-11-17-24(21)28-25(29(34)22-13-6-4-7-14-22)18-32(20-27(33)31(2)3)19-26(28)30(35)23-15-8-5-9-16-23/h4-19,28H,20H2,1-3H3. The molecule has 0 unspecified atom stereocenters. The van der Waals surface area contributed by atoms with Crippen LogP contribution in [0.1, 0.15) is 37.8 Å². The summed E-state index contributed by atoms with van der Waals surface area (Å²) >= 11 is 0. The van der Waals surface area contributed by atoms with Gasteiger partial charge in [-0.25, -0.2) is 0 Å². The Morgan fingerprint density at radius 2 is 1.17 bits per heavy atom. The topological polar surface area (TPSA) is 57.7 Å². The van der Waals surface area contributed by atoms with Crippen LogP contribution in [0, 0.1) is 6.92 Å². The van der Waals surface area contributed by atoms with Crippen molar-refractivity contribution in [1.29, 1.82) is 0 Å². The Morgan fingerprint density at radius 3 is 1.63 bits per heavy atom. The quantitative estimate of drug-likeness (QED) is 0.461. The van der Waals surface area contributed by atoms with Crippen LogP contribution in [0.2, 0.25) is 0 Å². The largest absolute Gasteiger partial charge is 0.347 e. The first-order valence-corrected chi connectivity index (χ1v) is 11.5. The molecular formula is C30H28N2O3. The van der Waals surface area contributed by atoms with Crippen molar-refractivity contribution in [1.82, 2.24) is 9.80 Å². The number of carbonyl (C=O) groups is 3. The first kappa shape index (κ1) is 23.9. The Morgan fingerprint density at radius 1 is 0.714 bits per heavy atom. The molecule has 0 saturated carbocycles. The number of hydrogen-bond acceptors (Lipinski definition) is 4. The van der Waals surface area contributed by atoms with Gasteiger partial charge in [0.1, 0.15) is 6.54 Å². The maximum absolute atomic E-state index is 13.8. The summed E-state index contributed by atoms with van der Waals surface area (Å²) in [6, 6.07) is 25.9. The molecule has 1 aliphatic heterocycles. The lowest BCUT2D eigenvalue weighted by molar-refractivity contribution is -0.128. The monoisotopic (exact) mass is 464 g/mol. The zero-order valence-corrected chi connectivity index (χ0v) is 20.1. The molecule has 5 nitrogen and oxygen atoms in total. The number of likely N-dealkylation sites (N-methyl/N-ethyl adjacent to an activating group) is 1. The van der Waals surface area contributed by atoms with Gasteiger partial charge in [-0.3, -0.25) is 14.4 Å². The van der Waals surface area contributed by atoms with Crippen molar-refractivity contribution < 1.29 is 14.4 Å². The lowest BCUT2D eigenvalue weighted by atomic mass is 9.76. The fourth-order valence-corrected chi connectivity index (χ4v) is 4.24. The number of hydrogen-bond donors (Lipinski definition) is 0. The van der Waals surface area contributed by atoms with Crippen molar-refractivity contribution in [2.24, 2.45) is 0 Å². The molecule has 0 radical (unpaired) electrons. The van der Waals surface area contributed by atoms with E-state index in [1.54, 1.807) is 55.7 Å². The first-order valence-electron chi connectivity index (χ1n) is 11.5. The molecule has 3 aromatic rings. The molecule has 35 heavy (non-hydrogen) atoms. The number of ketones is 2. The summed E-state index contributed by atoms with van der Waals surface area (Å²) in [5.41, 5.74) is 3.85. The number of nitrogens with zero attached hydrogens (tertiary/aromatic N) is 2. The summed E-state index contributed by atoms with van der Waals surface area (Å²) in [5, 5.41) is 0. The molecule has 3 aromatic carbocycles. The number of amides is 1. The summed E-state index contributed by atoms with van der Waals surface area (Å²) < 4.78 is 0. The second kappa shape index (κ2) is 10.3. The third kappa shape index (κ3) is 5.14. The minimum absolute atomic E-state index is 0.0185. The molecule has 0 aliphatic carbocycles. The molecule has 0 spiro atoms. The maximum atomic E-state index is 13.8. The van der Waals surface area contributed by atoms with E-state index in [-0.39, 0.29) is 24.0 Å². The van der Waals surface area contributed by atoms with Gasteiger partial charge >= 0.3 is 0 Å². The van der Waals surface area contributed by atoms with E-state index < -0.39 is 5.92 Å². The molecule has 0 N–H and O–H groups in total. The molecular weight excluding hydrogens is 436 g/mol. The van der Waals surface area contributed by atoms with Crippen LogP contribution in [0.5, 0.6) is 0 Å². The molecule has 0 fully saturated rings. The predicted molar refractivity (Wildman–Crippen MR) is 137 cm³/mol. The molecule has 176 valence electrons. The fourth-order valence-electron chi connectivity index (χ4n) is 4.24. The Kier molecular flexibility index (Phi) is 7.06. The summed E-state index contributed by atoms with van der Waals surface area (Å²) in [5.74, 6) is -1.05. The van der Waals surface area contributed by atoms with Crippen molar-refractivity contribution >= 4 is 17.5 Å². The van der Waals surface area contributed by atoms with Gasteiger partial charge in [0.2, 0.25) is 5.91 Å². The van der Waals surface area contributed by atoms with E-state index in [0.29, 0.717) is 22.3 Å². The van der Waals surface area contributed by atoms with Gasteiger partial charge < -0.3 is 9.80 Å². The van der Waals surface area contributed by atoms with Gasteiger partial charge in [-0.05, 0) is 18.1 Å². The van der Waals surface area contributed by atoms with E-state index >= 15 is 0 Å². The van der Waals surface area contributed by atoms with E-state index in [1.165, 1.54) is 4.90 Å². The minimum Gasteiger partial charge on any atom is -0.347 e. The summed E-state index contributed by atoms with van der Waals surface area (Å²) in [6.45, 7) is 2.00. The first-order chi connectivity index (χ1) is 16.9. The number of allylic oxidation sites excluding steroid dienone is 2. The molecule has 1 aliphatic rings. The van der Waals surface area contributed by atoms with Crippen molar-refractivity contribution in [2.45, 2.75) is 12.8 Å². The molecule has 5 heteroatoms. The third-order valence-electron chi connectivity index (χ3n) is 6.14. The van der Waals surface area contributed by atoms with Crippen molar-refractivity contribution in [3.05, 3.63) is 131 Å². The minimum atomic E-state index is -0.567. The van der Waals surface area contributed by atoms with Gasteiger partial charge in [0.05, 0.1) is 0 Å². The van der Waals surface area contributed by atoms with Crippen LogP contribution in [0.25, 0.3) is 0 Å². The maximum Gasteiger partial charge on any atom is 0.241 e. The smallest absolute Gasteiger partial charge is 0.241 e. The number of Topliss-reactive ketones (excluding diaryl/α,β-unsaturated/α-hetero) is 2. The van der Waals surface area contributed by atoms with Gasteiger partial charge in [-0.2, -0.15) is 0 Å². The average Bonchev–Trinajstić information content (AvgIpc) is 2.88. The SMILES string of the molecule is Cc1ccccc1C1C(C(=O)c2ccccc2)=CN(CC(=O)N(C)C)C=C1C(=O)c1ccccc1. The van der Waals surface area contributed by atoms with Crippen LogP contribution in [0.15, 0.2) is 108 Å². The number of aryl methyl sites for hydroxylation is 1. The second-order valence-electron chi connectivity index (χ2n) is 8.81.